The van der Waals surface area contributed by atoms with Crippen molar-refractivity contribution in [2.24, 2.45) is 0 Å². The van der Waals surface area contributed by atoms with Gasteiger partial charge in [0, 0.05) is 10.4 Å². The van der Waals surface area contributed by atoms with Crippen LogP contribution in [-0.2, 0) is 16.1 Å². The molecule has 0 radical (unpaired) electrons. The molecule has 27 heavy (non-hydrogen) atoms. The van der Waals surface area contributed by atoms with E-state index in [9.17, 15) is 9.59 Å². The van der Waals surface area contributed by atoms with Gasteiger partial charge in [-0.05, 0) is 43.9 Å². The summed E-state index contributed by atoms with van der Waals surface area (Å²) >= 11 is 1.50. The van der Waals surface area contributed by atoms with E-state index in [0.717, 1.165) is 28.8 Å². The summed E-state index contributed by atoms with van der Waals surface area (Å²) in [6, 6.07) is 6.19. The van der Waals surface area contributed by atoms with Gasteiger partial charge in [-0.15, -0.1) is 11.3 Å². The molecule has 2 heterocycles. The number of thiophene rings is 1. The minimum Gasteiger partial charge on any atom is -0.464 e. The fourth-order valence-electron chi connectivity index (χ4n) is 3.01. The molecular weight excluding hydrogens is 360 g/mol. The number of carbonyl (C=O) groups excluding carboxylic acids is 1. The Kier molecular flexibility index (Phi) is 5.75. The number of benzene rings is 1. The number of carbonyl (C=O) groups is 1. The van der Waals surface area contributed by atoms with Gasteiger partial charge in [0.25, 0.3) is 5.56 Å². The van der Waals surface area contributed by atoms with Crippen molar-refractivity contribution < 1.29 is 9.53 Å². The summed E-state index contributed by atoms with van der Waals surface area (Å²) in [5, 5.41) is 0.574. The van der Waals surface area contributed by atoms with Crippen molar-refractivity contribution in [2.45, 2.75) is 47.1 Å². The molecule has 0 N–H and O–H groups in total. The van der Waals surface area contributed by atoms with Gasteiger partial charge in [-0.25, -0.2) is 4.98 Å². The van der Waals surface area contributed by atoms with E-state index in [-0.39, 0.29) is 12.1 Å². The monoisotopic (exact) mass is 384 g/mol. The molecule has 0 fully saturated rings. The molecule has 142 valence electrons. The van der Waals surface area contributed by atoms with Crippen LogP contribution < -0.4 is 5.56 Å². The quantitative estimate of drug-likeness (QED) is 0.467. The Balaban J connectivity index is 2.03. The Labute approximate surface area is 162 Å². The van der Waals surface area contributed by atoms with Crippen LogP contribution in [0.5, 0.6) is 0 Å². The highest BCUT2D eigenvalue weighted by Crippen LogP contribution is 2.36. The smallest absolute Gasteiger partial charge is 0.326 e. The average molecular weight is 385 g/mol. The van der Waals surface area contributed by atoms with Gasteiger partial charge >= 0.3 is 5.97 Å². The summed E-state index contributed by atoms with van der Waals surface area (Å²) in [6.07, 6.45) is 3.21. The molecule has 1 aromatic carbocycles. The van der Waals surface area contributed by atoms with Crippen LogP contribution in [0.2, 0.25) is 0 Å². The van der Waals surface area contributed by atoms with Gasteiger partial charge in [-0.2, -0.15) is 0 Å². The molecule has 0 amide bonds. The molecule has 0 saturated heterocycles. The number of aryl methyl sites for hydroxylation is 3. The van der Waals surface area contributed by atoms with Crippen molar-refractivity contribution in [3.63, 3.8) is 0 Å². The van der Waals surface area contributed by atoms with Crippen molar-refractivity contribution in [2.75, 3.05) is 6.61 Å². The van der Waals surface area contributed by atoms with Crippen LogP contribution >= 0.6 is 11.3 Å². The predicted octanol–water partition coefficient (Wildman–Crippen LogP) is 4.39. The molecule has 0 saturated carbocycles. The minimum absolute atomic E-state index is 0.118. The van der Waals surface area contributed by atoms with Crippen LogP contribution in [-0.4, -0.2) is 22.1 Å². The molecule has 5 nitrogen and oxygen atoms in total. The number of fused-ring (bicyclic) bond motifs is 1. The summed E-state index contributed by atoms with van der Waals surface area (Å²) in [7, 11) is 0. The number of unbranched alkanes of at least 4 members (excludes halogenated alkanes) is 1. The van der Waals surface area contributed by atoms with Gasteiger partial charge in [-0.3, -0.25) is 14.2 Å². The first-order chi connectivity index (χ1) is 12.9. The van der Waals surface area contributed by atoms with Crippen LogP contribution in [0.3, 0.4) is 0 Å². The number of rotatable bonds is 6. The van der Waals surface area contributed by atoms with Gasteiger partial charge in [0.2, 0.25) is 0 Å². The standard InChI is InChI=1S/C21H24N2O3S/c1-5-6-9-26-17(24)11-23-12-22-20-19(21(23)25)18(15(4)27-20)16-8-7-13(2)14(3)10-16/h7-8,10,12H,5-6,9,11H2,1-4H3. The van der Waals surface area contributed by atoms with E-state index in [1.165, 1.54) is 33.4 Å². The normalized spacial score (nSPS) is 11.1. The molecule has 0 unspecified atom stereocenters. The summed E-state index contributed by atoms with van der Waals surface area (Å²) in [5.74, 6) is -0.411. The maximum Gasteiger partial charge on any atom is 0.326 e. The van der Waals surface area contributed by atoms with Crippen molar-refractivity contribution in [3.8, 4) is 11.1 Å². The van der Waals surface area contributed by atoms with Crippen LogP contribution in [0.15, 0.2) is 29.3 Å². The molecule has 0 bridgehead atoms. The fraction of sp³-hybridized carbons (Fsp3) is 0.381. The zero-order chi connectivity index (χ0) is 19.6. The number of ether oxygens (including phenoxy) is 1. The third kappa shape index (κ3) is 3.95. The third-order valence-electron chi connectivity index (χ3n) is 4.71. The van der Waals surface area contributed by atoms with Gasteiger partial charge in [0.05, 0.1) is 18.3 Å². The molecule has 0 aliphatic carbocycles. The number of hydrogen-bond acceptors (Lipinski definition) is 5. The number of esters is 1. The lowest BCUT2D eigenvalue weighted by Crippen LogP contribution is -2.25. The van der Waals surface area contributed by atoms with E-state index in [4.69, 9.17) is 4.74 Å². The van der Waals surface area contributed by atoms with E-state index >= 15 is 0 Å². The van der Waals surface area contributed by atoms with E-state index < -0.39 is 5.97 Å². The van der Waals surface area contributed by atoms with Gasteiger partial charge < -0.3 is 4.74 Å². The lowest BCUT2D eigenvalue weighted by atomic mass is 9.99. The highest BCUT2D eigenvalue weighted by Gasteiger charge is 2.18. The summed E-state index contributed by atoms with van der Waals surface area (Å²) in [4.78, 5) is 31.2. The Morgan fingerprint density at radius 2 is 2.00 bits per heavy atom. The summed E-state index contributed by atoms with van der Waals surface area (Å²) in [5.41, 5.74) is 4.09. The number of nitrogens with zero attached hydrogens (tertiary/aromatic N) is 2. The highest BCUT2D eigenvalue weighted by atomic mass is 32.1. The second-order valence-corrected chi connectivity index (χ2v) is 7.97. The van der Waals surface area contributed by atoms with Gasteiger partial charge in [0.15, 0.2) is 0 Å². The van der Waals surface area contributed by atoms with E-state index in [0.29, 0.717) is 16.8 Å². The van der Waals surface area contributed by atoms with Crippen molar-refractivity contribution in [1.29, 1.82) is 0 Å². The SMILES string of the molecule is CCCCOC(=O)Cn1cnc2sc(C)c(-c3ccc(C)c(C)c3)c2c1=O. The van der Waals surface area contributed by atoms with Crippen molar-refractivity contribution in [1.82, 2.24) is 9.55 Å². The largest absolute Gasteiger partial charge is 0.464 e. The average Bonchev–Trinajstić information content (AvgIpc) is 2.97. The Hall–Kier alpha value is -2.47. The van der Waals surface area contributed by atoms with E-state index in [1.807, 2.05) is 19.9 Å². The molecule has 2 aromatic heterocycles. The molecule has 3 rings (SSSR count). The lowest BCUT2D eigenvalue weighted by molar-refractivity contribution is -0.144. The first-order valence-electron chi connectivity index (χ1n) is 9.14. The van der Waals surface area contributed by atoms with Gasteiger partial charge in [0.1, 0.15) is 11.4 Å². The molecule has 6 heteroatoms. The highest BCUT2D eigenvalue weighted by molar-refractivity contribution is 7.19. The molecule has 0 aliphatic rings. The van der Waals surface area contributed by atoms with Crippen LogP contribution in [0.4, 0.5) is 0 Å². The Morgan fingerprint density at radius 3 is 2.70 bits per heavy atom. The second kappa shape index (κ2) is 8.05. The maximum absolute atomic E-state index is 13.1. The van der Waals surface area contributed by atoms with Crippen LogP contribution in [0.1, 0.15) is 35.8 Å². The maximum atomic E-state index is 13.1. The van der Waals surface area contributed by atoms with Crippen LogP contribution in [0, 0.1) is 20.8 Å². The summed E-state index contributed by atoms with van der Waals surface area (Å²) < 4.78 is 6.52. The first kappa shape index (κ1) is 19.3. The lowest BCUT2D eigenvalue weighted by Gasteiger charge is -2.08. The number of aromatic nitrogens is 2. The van der Waals surface area contributed by atoms with E-state index in [1.54, 1.807) is 0 Å². The van der Waals surface area contributed by atoms with Gasteiger partial charge in [-0.1, -0.05) is 31.5 Å². The zero-order valence-corrected chi connectivity index (χ0v) is 17.0. The second-order valence-electron chi connectivity index (χ2n) is 6.76. The van der Waals surface area contributed by atoms with E-state index in [2.05, 4.69) is 31.0 Å². The third-order valence-corrected chi connectivity index (χ3v) is 5.72. The molecule has 0 aliphatic heterocycles. The Bertz CT molecular complexity index is 1050. The fourth-order valence-corrected chi connectivity index (χ4v) is 4.01. The molecule has 0 atom stereocenters. The first-order valence-corrected chi connectivity index (χ1v) is 9.95. The zero-order valence-electron chi connectivity index (χ0n) is 16.2. The molecular formula is C21H24N2O3S. The van der Waals surface area contributed by atoms with Crippen molar-refractivity contribution in [3.05, 3.63) is 50.9 Å². The van der Waals surface area contributed by atoms with Crippen LogP contribution in [0.25, 0.3) is 21.3 Å². The minimum atomic E-state index is -0.411. The Morgan fingerprint density at radius 1 is 1.22 bits per heavy atom. The molecule has 0 spiro atoms. The van der Waals surface area contributed by atoms with Crippen molar-refractivity contribution >= 4 is 27.5 Å². The predicted molar refractivity (Wildman–Crippen MR) is 109 cm³/mol. The number of hydrogen-bond donors (Lipinski definition) is 0. The molecule has 3 aromatic rings. The topological polar surface area (TPSA) is 61.2 Å². The summed E-state index contributed by atoms with van der Waals surface area (Å²) in [6.45, 7) is 8.42.